The van der Waals surface area contributed by atoms with Gasteiger partial charge >= 0.3 is 5.97 Å². The number of carbonyl (C=O) groups excluding carboxylic acids is 1. The molecule has 0 bridgehead atoms. The molecule has 28 heavy (non-hydrogen) atoms. The average molecular weight is 384 g/mol. The number of carbonyl (C=O) groups is 1. The summed E-state index contributed by atoms with van der Waals surface area (Å²) in [5, 5.41) is 3.84. The van der Waals surface area contributed by atoms with Crippen LogP contribution in [-0.4, -0.2) is 23.2 Å². The number of methoxy groups -OCH3 is 1. The Balaban J connectivity index is 1.56. The third kappa shape index (κ3) is 4.73. The van der Waals surface area contributed by atoms with Crippen molar-refractivity contribution in [3.05, 3.63) is 65.3 Å². The lowest BCUT2D eigenvalue weighted by Gasteiger charge is -2.09. The molecule has 0 radical (unpaired) electrons. The van der Waals surface area contributed by atoms with Gasteiger partial charge in [0.15, 0.2) is 6.10 Å². The van der Waals surface area contributed by atoms with E-state index in [-0.39, 0.29) is 29.9 Å². The SMILES string of the molecule is COc1ccc(CCC(=O)OC(C)c2nc(-c3ccc(C)c(F)c3)no2)cc1. The Hall–Kier alpha value is -3.22. The van der Waals surface area contributed by atoms with E-state index in [1.807, 2.05) is 24.3 Å². The quantitative estimate of drug-likeness (QED) is 0.561. The summed E-state index contributed by atoms with van der Waals surface area (Å²) in [6.45, 7) is 3.33. The second-order valence-corrected chi connectivity index (χ2v) is 6.40. The normalized spacial score (nSPS) is 11.9. The number of hydrogen-bond donors (Lipinski definition) is 0. The van der Waals surface area contributed by atoms with E-state index in [2.05, 4.69) is 10.1 Å². The van der Waals surface area contributed by atoms with Crippen molar-refractivity contribution in [2.75, 3.05) is 7.11 Å². The van der Waals surface area contributed by atoms with Gasteiger partial charge < -0.3 is 14.0 Å². The number of esters is 1. The van der Waals surface area contributed by atoms with Gasteiger partial charge in [-0.3, -0.25) is 4.79 Å². The second-order valence-electron chi connectivity index (χ2n) is 6.40. The van der Waals surface area contributed by atoms with Crippen molar-refractivity contribution in [2.24, 2.45) is 0 Å². The number of hydrogen-bond acceptors (Lipinski definition) is 6. The van der Waals surface area contributed by atoms with E-state index in [9.17, 15) is 9.18 Å². The lowest BCUT2D eigenvalue weighted by Crippen LogP contribution is -2.10. The third-order valence-electron chi connectivity index (χ3n) is 4.30. The van der Waals surface area contributed by atoms with Gasteiger partial charge in [-0.15, -0.1) is 0 Å². The van der Waals surface area contributed by atoms with Crippen molar-refractivity contribution in [2.45, 2.75) is 32.8 Å². The second kappa shape index (κ2) is 8.65. The average Bonchev–Trinajstić information content (AvgIpc) is 3.19. The van der Waals surface area contributed by atoms with Gasteiger partial charge in [-0.05, 0) is 49.6 Å². The van der Waals surface area contributed by atoms with E-state index in [1.54, 1.807) is 33.1 Å². The summed E-state index contributed by atoms with van der Waals surface area (Å²) in [4.78, 5) is 16.3. The van der Waals surface area contributed by atoms with Gasteiger partial charge in [0.05, 0.1) is 7.11 Å². The van der Waals surface area contributed by atoms with E-state index < -0.39 is 6.10 Å². The highest BCUT2D eigenvalue weighted by atomic mass is 19.1. The molecule has 3 rings (SSSR count). The van der Waals surface area contributed by atoms with E-state index in [0.717, 1.165) is 11.3 Å². The number of nitrogens with zero attached hydrogens (tertiary/aromatic N) is 2. The molecule has 1 atom stereocenters. The van der Waals surface area contributed by atoms with Gasteiger partial charge in [-0.2, -0.15) is 4.98 Å². The van der Waals surface area contributed by atoms with Crippen molar-refractivity contribution in [1.29, 1.82) is 0 Å². The van der Waals surface area contributed by atoms with Gasteiger partial charge in [0.2, 0.25) is 5.82 Å². The number of ether oxygens (including phenoxy) is 2. The molecule has 1 unspecified atom stereocenters. The predicted molar refractivity (Wildman–Crippen MR) is 100 cm³/mol. The van der Waals surface area contributed by atoms with Crippen LogP contribution in [0.3, 0.4) is 0 Å². The molecule has 6 nitrogen and oxygen atoms in total. The van der Waals surface area contributed by atoms with Gasteiger partial charge in [0, 0.05) is 12.0 Å². The summed E-state index contributed by atoms with van der Waals surface area (Å²) in [5.74, 6) is 0.454. The summed E-state index contributed by atoms with van der Waals surface area (Å²) in [6, 6.07) is 12.2. The molecule has 0 saturated carbocycles. The Labute approximate surface area is 162 Å². The van der Waals surface area contributed by atoms with E-state index in [0.29, 0.717) is 17.5 Å². The van der Waals surface area contributed by atoms with Crippen LogP contribution in [0, 0.1) is 12.7 Å². The molecule has 2 aromatic carbocycles. The molecule has 0 amide bonds. The lowest BCUT2D eigenvalue weighted by molar-refractivity contribution is -0.149. The number of benzene rings is 2. The minimum atomic E-state index is -0.695. The van der Waals surface area contributed by atoms with Crippen molar-refractivity contribution < 1.29 is 23.2 Å². The van der Waals surface area contributed by atoms with Crippen LogP contribution in [0.25, 0.3) is 11.4 Å². The molecule has 0 aliphatic carbocycles. The van der Waals surface area contributed by atoms with Crippen LogP contribution < -0.4 is 4.74 Å². The van der Waals surface area contributed by atoms with Crippen molar-refractivity contribution >= 4 is 5.97 Å². The van der Waals surface area contributed by atoms with E-state index in [4.69, 9.17) is 14.0 Å². The number of rotatable bonds is 7. The van der Waals surface area contributed by atoms with Crippen molar-refractivity contribution in [3.8, 4) is 17.1 Å². The van der Waals surface area contributed by atoms with Crippen molar-refractivity contribution in [3.63, 3.8) is 0 Å². The first-order valence-electron chi connectivity index (χ1n) is 8.89. The fourth-order valence-electron chi connectivity index (χ4n) is 2.59. The highest BCUT2D eigenvalue weighted by molar-refractivity contribution is 5.70. The van der Waals surface area contributed by atoms with Crippen molar-refractivity contribution in [1.82, 2.24) is 10.1 Å². The number of aromatic nitrogens is 2. The molecule has 0 N–H and O–H groups in total. The molecule has 146 valence electrons. The molecule has 7 heteroatoms. The molecule has 0 aliphatic rings. The molecule has 1 heterocycles. The Kier molecular flexibility index (Phi) is 6.03. The zero-order valence-corrected chi connectivity index (χ0v) is 15.9. The fraction of sp³-hybridized carbons (Fsp3) is 0.286. The standard InChI is InChI=1S/C21H21FN2O4/c1-13-4-8-16(12-18(13)22)20-23-21(28-24-20)14(2)27-19(25)11-7-15-5-9-17(26-3)10-6-15/h4-6,8-10,12,14H,7,11H2,1-3H3. The summed E-state index contributed by atoms with van der Waals surface area (Å²) < 4.78 is 29.3. The molecule has 0 aliphatic heterocycles. The van der Waals surface area contributed by atoms with E-state index >= 15 is 0 Å². The molecular formula is C21H21FN2O4. The number of aryl methyl sites for hydroxylation is 2. The molecular weight excluding hydrogens is 363 g/mol. The third-order valence-corrected chi connectivity index (χ3v) is 4.30. The van der Waals surface area contributed by atoms with Crippen LogP contribution in [0.4, 0.5) is 4.39 Å². The smallest absolute Gasteiger partial charge is 0.306 e. The van der Waals surface area contributed by atoms with E-state index in [1.165, 1.54) is 6.07 Å². The highest BCUT2D eigenvalue weighted by Gasteiger charge is 2.19. The monoisotopic (exact) mass is 384 g/mol. The first kappa shape index (κ1) is 19.5. The topological polar surface area (TPSA) is 74.5 Å². The van der Waals surface area contributed by atoms with Crippen LogP contribution in [0.15, 0.2) is 47.0 Å². The predicted octanol–water partition coefficient (Wildman–Crippen LogP) is 4.43. The molecule has 0 fully saturated rings. The van der Waals surface area contributed by atoms with Gasteiger partial charge in [0.1, 0.15) is 11.6 Å². The lowest BCUT2D eigenvalue weighted by atomic mass is 10.1. The van der Waals surface area contributed by atoms with Crippen LogP contribution in [-0.2, 0) is 16.0 Å². The van der Waals surface area contributed by atoms with Crippen LogP contribution in [0.1, 0.15) is 36.5 Å². The van der Waals surface area contributed by atoms with Gasteiger partial charge in [0.25, 0.3) is 5.89 Å². The molecule has 1 aromatic heterocycles. The number of halogens is 1. The van der Waals surface area contributed by atoms with Crippen LogP contribution in [0.5, 0.6) is 5.75 Å². The Morgan fingerprint density at radius 2 is 1.96 bits per heavy atom. The highest BCUT2D eigenvalue weighted by Crippen LogP contribution is 2.23. The molecule has 0 saturated heterocycles. The largest absolute Gasteiger partial charge is 0.497 e. The molecule has 3 aromatic rings. The zero-order valence-electron chi connectivity index (χ0n) is 15.9. The maximum atomic E-state index is 13.7. The minimum absolute atomic E-state index is 0.161. The first-order valence-corrected chi connectivity index (χ1v) is 8.89. The Morgan fingerprint density at radius 1 is 1.21 bits per heavy atom. The zero-order chi connectivity index (χ0) is 20.1. The van der Waals surface area contributed by atoms with Crippen LogP contribution >= 0.6 is 0 Å². The minimum Gasteiger partial charge on any atom is -0.497 e. The Morgan fingerprint density at radius 3 is 2.64 bits per heavy atom. The molecule has 0 spiro atoms. The first-order chi connectivity index (χ1) is 13.5. The summed E-state index contributed by atoms with van der Waals surface area (Å²) in [5.41, 5.74) is 2.04. The summed E-state index contributed by atoms with van der Waals surface area (Å²) >= 11 is 0. The fourth-order valence-corrected chi connectivity index (χ4v) is 2.59. The summed E-state index contributed by atoms with van der Waals surface area (Å²) in [6.07, 6.45) is 0.0774. The maximum Gasteiger partial charge on any atom is 0.306 e. The van der Waals surface area contributed by atoms with Crippen LogP contribution in [0.2, 0.25) is 0 Å². The maximum absolute atomic E-state index is 13.7. The summed E-state index contributed by atoms with van der Waals surface area (Å²) in [7, 11) is 1.60. The van der Waals surface area contributed by atoms with Gasteiger partial charge in [-0.25, -0.2) is 4.39 Å². The van der Waals surface area contributed by atoms with Gasteiger partial charge in [-0.1, -0.05) is 29.4 Å². The Bertz CT molecular complexity index is 953.